The number of carbonyl (C=O) groups excluding carboxylic acids is 3. The molecule has 5 rings (SSSR count). The third kappa shape index (κ3) is 2.76. The molecule has 0 bridgehead atoms. The molecule has 2 saturated heterocycles. The minimum absolute atomic E-state index is 0.0683. The van der Waals surface area contributed by atoms with Gasteiger partial charge >= 0.3 is 6.09 Å². The van der Waals surface area contributed by atoms with E-state index in [0.717, 1.165) is 5.69 Å². The molecular formula is C20H24N6O5. The normalized spacial score (nSPS) is 34.8. The number of amides is 1. The topological polar surface area (TPSA) is 162 Å². The highest BCUT2D eigenvalue weighted by atomic mass is 16.6. The fraction of sp³-hybridized carbons (Fsp3) is 0.550. The predicted octanol–water partition coefficient (Wildman–Crippen LogP) is -0.841. The third-order valence-electron chi connectivity index (χ3n) is 6.76. The van der Waals surface area contributed by atoms with Gasteiger partial charge in [-0.05, 0) is 6.92 Å². The zero-order valence-electron chi connectivity index (χ0n) is 17.3. The number of hydrogen-bond donors (Lipinski definition) is 3. The van der Waals surface area contributed by atoms with Gasteiger partial charge in [-0.25, -0.2) is 9.78 Å². The first-order chi connectivity index (χ1) is 14.9. The van der Waals surface area contributed by atoms with Crippen molar-refractivity contribution in [3.05, 3.63) is 29.5 Å². The Kier molecular flexibility index (Phi) is 4.48. The second-order valence-electron chi connectivity index (χ2n) is 8.27. The summed E-state index contributed by atoms with van der Waals surface area (Å²) < 4.78 is 11.1. The highest BCUT2D eigenvalue weighted by Gasteiger charge is 2.73. The third-order valence-corrected chi connectivity index (χ3v) is 6.76. The van der Waals surface area contributed by atoms with E-state index in [4.69, 9.17) is 15.2 Å². The first kappa shape index (κ1) is 19.9. The number of hydrogen-bond acceptors (Lipinski definition) is 9. The van der Waals surface area contributed by atoms with Crippen LogP contribution in [0.1, 0.15) is 12.6 Å². The van der Waals surface area contributed by atoms with E-state index >= 15 is 0 Å². The van der Waals surface area contributed by atoms with Crippen LogP contribution < -0.4 is 11.1 Å². The number of allylic oxidation sites excluding steroid dienone is 1. The van der Waals surface area contributed by atoms with Gasteiger partial charge in [0.25, 0.3) is 0 Å². The number of ether oxygens (including phenoxy) is 2. The number of H-pyrrole nitrogens is 1. The second kappa shape index (κ2) is 6.99. The molecule has 3 aliphatic heterocycles. The molecule has 1 aliphatic carbocycles. The smallest absolute Gasteiger partial charge is 0.404 e. The van der Waals surface area contributed by atoms with Crippen LogP contribution in [-0.4, -0.2) is 82.9 Å². The average molecular weight is 428 g/mol. The predicted molar refractivity (Wildman–Crippen MR) is 107 cm³/mol. The number of methoxy groups -OCH3 is 1. The van der Waals surface area contributed by atoms with Gasteiger partial charge in [0, 0.05) is 50.1 Å². The van der Waals surface area contributed by atoms with Crippen LogP contribution in [0.2, 0.25) is 0 Å². The van der Waals surface area contributed by atoms with E-state index in [9.17, 15) is 14.4 Å². The van der Waals surface area contributed by atoms with Crippen LogP contribution in [0, 0.1) is 11.8 Å². The van der Waals surface area contributed by atoms with Crippen molar-refractivity contribution in [1.82, 2.24) is 20.2 Å². The Hall–Kier alpha value is -3.05. The van der Waals surface area contributed by atoms with Crippen LogP contribution in [0.3, 0.4) is 0 Å². The maximum Gasteiger partial charge on any atom is 0.404 e. The van der Waals surface area contributed by atoms with Gasteiger partial charge in [-0.15, -0.1) is 0 Å². The number of Topliss-reactive ketones (excluding diaryl/α,β-unsaturated/α-hetero) is 2. The molecule has 4 N–H and O–H groups in total. The minimum atomic E-state index is -0.971. The van der Waals surface area contributed by atoms with Crippen molar-refractivity contribution in [3.63, 3.8) is 0 Å². The second-order valence-corrected chi connectivity index (χ2v) is 8.27. The molecule has 0 saturated carbocycles. The molecule has 0 spiro atoms. The summed E-state index contributed by atoms with van der Waals surface area (Å²) in [4.78, 5) is 51.7. The summed E-state index contributed by atoms with van der Waals surface area (Å²) >= 11 is 0. The largest absolute Gasteiger partial charge is 0.449 e. The maximum absolute atomic E-state index is 13.6. The quantitative estimate of drug-likeness (QED) is 0.494. The number of nitrogens with zero attached hydrogens (tertiary/aromatic N) is 3. The number of aromatic amines is 1. The molecule has 5 atom stereocenters. The van der Waals surface area contributed by atoms with E-state index in [1.165, 1.54) is 0 Å². The first-order valence-corrected chi connectivity index (χ1v) is 10.3. The number of rotatable bonds is 6. The molecule has 1 aromatic rings. The summed E-state index contributed by atoms with van der Waals surface area (Å²) in [5.74, 6) is -1.78. The molecule has 4 heterocycles. The van der Waals surface area contributed by atoms with Crippen LogP contribution in [0.25, 0.3) is 0 Å². The van der Waals surface area contributed by atoms with Crippen molar-refractivity contribution in [1.29, 1.82) is 0 Å². The number of aromatic nitrogens is 2. The zero-order valence-corrected chi connectivity index (χ0v) is 17.3. The van der Waals surface area contributed by atoms with Gasteiger partial charge in [0.15, 0.2) is 11.5 Å². The Labute approximate surface area is 178 Å². The number of carbonyl (C=O) groups is 3. The van der Waals surface area contributed by atoms with Gasteiger partial charge in [-0.2, -0.15) is 0 Å². The molecule has 11 heteroatoms. The summed E-state index contributed by atoms with van der Waals surface area (Å²) in [5.41, 5.74) is 6.01. The van der Waals surface area contributed by atoms with Gasteiger partial charge in [0.05, 0.1) is 35.6 Å². The Bertz CT molecular complexity index is 1020. The van der Waals surface area contributed by atoms with Crippen LogP contribution in [0.4, 0.5) is 4.79 Å². The summed E-state index contributed by atoms with van der Waals surface area (Å²) in [5, 5.41) is 3.33. The number of nitrogens with one attached hydrogen (secondary N) is 2. The fourth-order valence-electron chi connectivity index (χ4n) is 5.31. The number of ketones is 2. The van der Waals surface area contributed by atoms with Crippen molar-refractivity contribution in [2.75, 3.05) is 26.8 Å². The van der Waals surface area contributed by atoms with Crippen LogP contribution in [0.15, 0.2) is 28.8 Å². The molecule has 31 heavy (non-hydrogen) atoms. The van der Waals surface area contributed by atoms with E-state index in [2.05, 4.69) is 20.3 Å². The fourth-order valence-corrected chi connectivity index (χ4v) is 5.31. The summed E-state index contributed by atoms with van der Waals surface area (Å²) in [6.45, 7) is 2.44. The van der Waals surface area contributed by atoms with E-state index in [-0.39, 0.29) is 36.0 Å². The number of fused-ring (bicyclic) bond motifs is 4. The monoisotopic (exact) mass is 428 g/mol. The van der Waals surface area contributed by atoms with Crippen LogP contribution in [-0.2, 0) is 25.5 Å². The lowest BCUT2D eigenvalue weighted by molar-refractivity contribution is -0.138. The number of imidazole rings is 1. The SMILES string of the molecule is COC12C(COC(N)=O)C3=C(C(=O)C(C)C(=NCCc4cnc[nH]4)C3=O)N1CC1NC12. The molecule has 2 fully saturated rings. The van der Waals surface area contributed by atoms with Crippen LogP contribution in [0.5, 0.6) is 0 Å². The summed E-state index contributed by atoms with van der Waals surface area (Å²) in [6, 6.07) is 0.0917. The molecule has 0 radical (unpaired) electrons. The first-order valence-electron chi connectivity index (χ1n) is 10.3. The number of piperazine rings is 1. The lowest BCUT2D eigenvalue weighted by atomic mass is 9.78. The molecule has 1 amide bonds. The average Bonchev–Trinajstić information content (AvgIpc) is 3.11. The van der Waals surface area contributed by atoms with Crippen molar-refractivity contribution in [2.45, 2.75) is 31.2 Å². The summed E-state index contributed by atoms with van der Waals surface area (Å²) in [6.07, 6.45) is 2.90. The zero-order chi connectivity index (χ0) is 21.9. The lowest BCUT2D eigenvalue weighted by Crippen LogP contribution is -2.55. The molecule has 0 aromatic carbocycles. The highest BCUT2D eigenvalue weighted by Crippen LogP contribution is 2.55. The number of primary amides is 1. The molecule has 4 aliphatic rings. The van der Waals surface area contributed by atoms with E-state index in [1.54, 1.807) is 26.6 Å². The van der Waals surface area contributed by atoms with E-state index in [0.29, 0.717) is 30.8 Å². The Morgan fingerprint density at radius 3 is 2.94 bits per heavy atom. The number of aliphatic imine (C=N–C) groups is 1. The molecule has 5 unspecified atom stereocenters. The molecule has 11 nitrogen and oxygen atoms in total. The van der Waals surface area contributed by atoms with Crippen molar-refractivity contribution >= 4 is 23.4 Å². The lowest BCUT2D eigenvalue weighted by Gasteiger charge is -2.39. The highest BCUT2D eigenvalue weighted by molar-refractivity contribution is 6.53. The van der Waals surface area contributed by atoms with Crippen molar-refractivity contribution in [3.8, 4) is 0 Å². The van der Waals surface area contributed by atoms with Crippen molar-refractivity contribution < 1.29 is 23.9 Å². The minimum Gasteiger partial charge on any atom is -0.449 e. The van der Waals surface area contributed by atoms with Gasteiger partial charge in [0.1, 0.15) is 6.61 Å². The van der Waals surface area contributed by atoms with Gasteiger partial charge in [0.2, 0.25) is 5.78 Å². The van der Waals surface area contributed by atoms with E-state index in [1.807, 2.05) is 4.90 Å². The van der Waals surface area contributed by atoms with Crippen molar-refractivity contribution in [2.24, 2.45) is 22.6 Å². The Morgan fingerprint density at radius 1 is 1.45 bits per heavy atom. The van der Waals surface area contributed by atoms with Gasteiger partial charge < -0.3 is 30.4 Å². The number of nitrogens with two attached hydrogens (primary N) is 1. The molecule has 164 valence electrons. The van der Waals surface area contributed by atoms with E-state index < -0.39 is 23.7 Å². The Balaban J connectivity index is 1.51. The van der Waals surface area contributed by atoms with Gasteiger partial charge in [-0.3, -0.25) is 14.6 Å². The standard InChI is InChI=1S/C20H24N6O5/c1-9-14(23-4-3-10-5-22-8-24-10)17(28)13-11(7-31-19(21)29)20(30-2)18-12(25-18)6-26(20)15(13)16(9)27/h5,8-9,11-12,18,25H,3-4,6-7H2,1-2H3,(H2,21,29)(H,22,24). The Morgan fingerprint density at radius 2 is 2.26 bits per heavy atom. The van der Waals surface area contributed by atoms with Gasteiger partial charge in [-0.1, -0.05) is 0 Å². The molecular weight excluding hydrogens is 404 g/mol. The molecule has 1 aromatic heterocycles. The summed E-state index contributed by atoms with van der Waals surface area (Å²) in [7, 11) is 1.54. The maximum atomic E-state index is 13.6. The van der Waals surface area contributed by atoms with Crippen LogP contribution >= 0.6 is 0 Å².